The fourth-order valence-electron chi connectivity index (χ4n) is 5.49. The third-order valence-corrected chi connectivity index (χ3v) is 8.35. The maximum Gasteiger partial charge on any atom is 0.417 e. The zero-order chi connectivity index (χ0) is 41.5. The summed E-state index contributed by atoms with van der Waals surface area (Å²) in [5.74, 6) is -0.00764. The van der Waals surface area contributed by atoms with E-state index in [4.69, 9.17) is 19.4 Å². The largest absolute Gasteiger partial charge is 0.417 e. The Hall–Kier alpha value is -7.40. The van der Waals surface area contributed by atoms with Gasteiger partial charge < -0.3 is 18.6 Å². The highest BCUT2D eigenvalue weighted by Gasteiger charge is 2.36. The van der Waals surface area contributed by atoms with Crippen LogP contribution in [0, 0.1) is 45.9 Å². The highest BCUT2D eigenvalue weighted by atomic mass is 19.4. The topological polar surface area (TPSA) is 181 Å². The van der Waals surface area contributed by atoms with Crippen LogP contribution in [-0.4, -0.2) is 49.6 Å². The molecule has 0 saturated heterocycles. The van der Waals surface area contributed by atoms with Gasteiger partial charge in [-0.3, -0.25) is 4.98 Å². The van der Waals surface area contributed by atoms with Gasteiger partial charge in [0.05, 0.1) is 41.4 Å². The zero-order valence-electron chi connectivity index (χ0n) is 29.7. The summed E-state index contributed by atoms with van der Waals surface area (Å²) in [6.07, 6.45) is -5.66. The number of nitrogens with zero attached hydrogens (tertiary/aromatic N) is 11. The third-order valence-electron chi connectivity index (χ3n) is 8.35. The molecule has 6 aromatic rings. The molecule has 294 valence electrons. The number of halogens is 7. The minimum atomic E-state index is -4.95. The van der Waals surface area contributed by atoms with Gasteiger partial charge in [-0.1, -0.05) is 12.1 Å². The van der Waals surface area contributed by atoms with E-state index in [9.17, 15) is 36.0 Å². The number of hydrogen-bond donors (Lipinski definition) is 0. The Morgan fingerprint density at radius 3 is 1.84 bits per heavy atom. The molecule has 58 heavy (non-hydrogen) atoms. The molecule has 0 bridgehead atoms. The second-order valence-electron chi connectivity index (χ2n) is 12.7. The number of nitriles is 3. The Morgan fingerprint density at radius 2 is 1.28 bits per heavy atom. The van der Waals surface area contributed by atoms with Gasteiger partial charge in [0.2, 0.25) is 17.7 Å². The van der Waals surface area contributed by atoms with Crippen LogP contribution in [-0.2, 0) is 19.3 Å². The summed E-state index contributed by atoms with van der Waals surface area (Å²) in [5, 5.41) is 42.7. The van der Waals surface area contributed by atoms with Crippen molar-refractivity contribution in [3.8, 4) is 41.4 Å². The second kappa shape index (κ2) is 17.2. The molecule has 1 aliphatic carbocycles. The molecule has 0 N–H and O–H groups in total. The minimum absolute atomic E-state index is 0.0705. The van der Waals surface area contributed by atoms with Crippen molar-refractivity contribution in [2.45, 2.75) is 38.3 Å². The monoisotopic (exact) mass is 801 g/mol. The lowest BCUT2D eigenvalue weighted by atomic mass is 10.1. The molecule has 4 heterocycles. The summed E-state index contributed by atoms with van der Waals surface area (Å²) in [4.78, 5) is 10.4. The van der Waals surface area contributed by atoms with E-state index in [0.29, 0.717) is 52.0 Å². The highest BCUT2D eigenvalue weighted by Crippen LogP contribution is 2.36. The first-order valence-electron chi connectivity index (χ1n) is 17.0. The predicted octanol–water partition coefficient (Wildman–Crippen LogP) is 8.02. The van der Waals surface area contributed by atoms with Crippen LogP contribution >= 0.6 is 0 Å². The molecule has 20 heteroatoms. The Bertz CT molecular complexity index is 2500. The predicted molar refractivity (Wildman–Crippen MR) is 188 cm³/mol. The number of pyridine rings is 2. The maximum absolute atomic E-state index is 13.2. The molecule has 0 aliphatic heterocycles. The lowest BCUT2D eigenvalue weighted by Crippen LogP contribution is -2.34. The van der Waals surface area contributed by atoms with Gasteiger partial charge in [-0.05, 0) is 79.4 Å². The van der Waals surface area contributed by atoms with Crippen LogP contribution in [0.3, 0.4) is 0 Å². The quantitative estimate of drug-likeness (QED) is 0.0908. The van der Waals surface area contributed by atoms with Gasteiger partial charge in [0, 0.05) is 24.1 Å². The number of anilines is 2. The standard InChI is InChI=1S/C20H16N6O.C18H10F7N5O/c21-10-15-6-7-17(9-16(15)11-22)26(12-14-4-5-14)13-19-24-25-20(27-19)18-3-1-2-8-23-18;19-14-3-1-2-13(27-14)16-29-28-15(31-16)8-30(9-17(20,21)22)11-5-4-10(7-26)12(6-11)18(23,24)25/h1-3,6-9,14H,4-5,12-13H2;1-6H,8-9H2. The van der Waals surface area contributed by atoms with E-state index < -0.39 is 48.2 Å². The van der Waals surface area contributed by atoms with Gasteiger partial charge >= 0.3 is 12.4 Å². The van der Waals surface area contributed by atoms with Gasteiger partial charge in [-0.15, -0.1) is 20.4 Å². The van der Waals surface area contributed by atoms with Crippen LogP contribution in [0.2, 0.25) is 0 Å². The first-order chi connectivity index (χ1) is 27.7. The van der Waals surface area contributed by atoms with Crippen LogP contribution in [0.25, 0.3) is 23.2 Å². The molecule has 0 amide bonds. The van der Waals surface area contributed by atoms with Gasteiger partial charge in [0.1, 0.15) is 30.1 Å². The van der Waals surface area contributed by atoms with Crippen molar-refractivity contribution in [1.29, 1.82) is 15.8 Å². The molecule has 1 fully saturated rings. The third kappa shape index (κ3) is 10.5. The van der Waals surface area contributed by atoms with Gasteiger partial charge in [-0.2, -0.15) is 46.5 Å². The molecule has 0 radical (unpaired) electrons. The van der Waals surface area contributed by atoms with Gasteiger partial charge in [0.25, 0.3) is 11.8 Å². The van der Waals surface area contributed by atoms with Crippen molar-refractivity contribution in [2.24, 2.45) is 5.92 Å². The Balaban J connectivity index is 0.000000197. The van der Waals surface area contributed by atoms with Gasteiger partial charge in [-0.25, -0.2) is 4.98 Å². The molecule has 13 nitrogen and oxygen atoms in total. The summed E-state index contributed by atoms with van der Waals surface area (Å²) in [5.41, 5.74) is -0.398. The van der Waals surface area contributed by atoms with E-state index in [1.807, 2.05) is 30.3 Å². The van der Waals surface area contributed by atoms with Crippen molar-refractivity contribution >= 4 is 11.4 Å². The van der Waals surface area contributed by atoms with Crippen LogP contribution in [0.15, 0.2) is 87.8 Å². The molecule has 1 saturated carbocycles. The Labute approximate surface area is 324 Å². The Morgan fingerprint density at radius 1 is 0.672 bits per heavy atom. The summed E-state index contributed by atoms with van der Waals surface area (Å²) >= 11 is 0. The lowest BCUT2D eigenvalue weighted by molar-refractivity contribution is -0.137. The fourth-order valence-corrected chi connectivity index (χ4v) is 5.49. The van der Waals surface area contributed by atoms with E-state index in [0.717, 1.165) is 30.4 Å². The van der Waals surface area contributed by atoms with Crippen molar-refractivity contribution in [3.63, 3.8) is 0 Å². The molecule has 7 rings (SSSR count). The number of alkyl halides is 6. The summed E-state index contributed by atoms with van der Waals surface area (Å²) in [7, 11) is 0. The number of benzene rings is 2. The normalized spacial score (nSPS) is 12.4. The van der Waals surface area contributed by atoms with E-state index in [-0.39, 0.29) is 17.5 Å². The first-order valence-corrected chi connectivity index (χ1v) is 17.0. The van der Waals surface area contributed by atoms with Crippen LogP contribution < -0.4 is 9.80 Å². The van der Waals surface area contributed by atoms with Crippen LogP contribution in [0.1, 0.15) is 46.9 Å². The number of aromatic nitrogens is 6. The van der Waals surface area contributed by atoms with E-state index in [1.165, 1.54) is 31.0 Å². The van der Waals surface area contributed by atoms with E-state index in [1.54, 1.807) is 18.3 Å². The molecule has 0 unspecified atom stereocenters. The van der Waals surface area contributed by atoms with Crippen LogP contribution in [0.5, 0.6) is 0 Å². The molecule has 4 aromatic heterocycles. The summed E-state index contributed by atoms with van der Waals surface area (Å²) in [6.45, 7) is -1.05. The average Bonchev–Trinajstić information content (AvgIpc) is 3.68. The number of rotatable bonds is 11. The average molecular weight is 802 g/mol. The highest BCUT2D eigenvalue weighted by molar-refractivity contribution is 5.58. The van der Waals surface area contributed by atoms with Crippen molar-refractivity contribution in [2.75, 3.05) is 22.9 Å². The Kier molecular flexibility index (Phi) is 11.9. The van der Waals surface area contributed by atoms with E-state index >= 15 is 0 Å². The SMILES string of the molecule is N#Cc1ccc(N(Cc2nnc(-c3cccc(F)n3)o2)CC(F)(F)F)cc1C(F)(F)F.N#Cc1ccc(N(Cc2nnc(-c3ccccn3)o2)CC2CC2)cc1C#N. The van der Waals surface area contributed by atoms with Crippen molar-refractivity contribution in [1.82, 2.24) is 30.4 Å². The summed E-state index contributed by atoms with van der Waals surface area (Å²) < 4.78 is 103. The lowest BCUT2D eigenvalue weighted by Gasteiger charge is -2.25. The molecule has 0 spiro atoms. The first kappa shape index (κ1) is 40.3. The van der Waals surface area contributed by atoms with Crippen molar-refractivity contribution < 1.29 is 39.6 Å². The molecular weight excluding hydrogens is 775 g/mol. The molecular formula is C38H26F7N11O2. The molecule has 0 atom stereocenters. The van der Waals surface area contributed by atoms with Crippen molar-refractivity contribution in [3.05, 3.63) is 119 Å². The van der Waals surface area contributed by atoms with Gasteiger partial charge in [0.15, 0.2) is 0 Å². The second-order valence-corrected chi connectivity index (χ2v) is 12.7. The molecule has 1 aliphatic rings. The van der Waals surface area contributed by atoms with E-state index in [2.05, 4.69) is 41.3 Å². The fraction of sp³-hybridized carbons (Fsp3) is 0.237. The molecule has 2 aromatic carbocycles. The number of hydrogen-bond acceptors (Lipinski definition) is 13. The minimum Gasteiger partial charge on any atom is -0.417 e. The smallest absolute Gasteiger partial charge is 0.417 e. The summed E-state index contributed by atoms with van der Waals surface area (Å²) in [6, 6.07) is 22.1. The zero-order valence-corrected chi connectivity index (χ0v) is 29.7. The maximum atomic E-state index is 13.2. The van der Waals surface area contributed by atoms with Crippen LogP contribution in [0.4, 0.5) is 42.1 Å².